The Hall–Kier alpha value is -2.57. The Morgan fingerprint density at radius 2 is 2.11 bits per heavy atom. The van der Waals surface area contributed by atoms with Crippen molar-refractivity contribution in [2.75, 3.05) is 0 Å². The summed E-state index contributed by atoms with van der Waals surface area (Å²) in [5.41, 5.74) is -0.346. The Bertz CT molecular complexity index is 605. The topological polar surface area (TPSA) is 72.3 Å². The Kier molecular flexibility index (Phi) is 3.13. The van der Waals surface area contributed by atoms with Gasteiger partial charge in [-0.3, -0.25) is 0 Å². The highest BCUT2D eigenvalue weighted by Crippen LogP contribution is 2.25. The third-order valence-corrected chi connectivity index (χ3v) is 2.01. The van der Waals surface area contributed by atoms with E-state index in [1.165, 1.54) is 0 Å². The standard InChI is InChI=1S/C11H6F2N2O3/c12-6-1-2-8(13)9(3-6)18-10-7(11(16)17)4-14-5-15-10/h1-5H,(H,16,17). The molecular formula is C11H6F2N2O3. The summed E-state index contributed by atoms with van der Waals surface area (Å²) < 4.78 is 31.2. The molecule has 1 heterocycles. The van der Waals surface area contributed by atoms with Crippen molar-refractivity contribution in [3.8, 4) is 11.6 Å². The van der Waals surface area contributed by atoms with Crippen LogP contribution in [0.1, 0.15) is 10.4 Å². The summed E-state index contributed by atoms with van der Waals surface area (Å²) in [7, 11) is 0. The summed E-state index contributed by atoms with van der Waals surface area (Å²) in [5, 5.41) is 8.84. The van der Waals surface area contributed by atoms with E-state index < -0.39 is 23.4 Å². The third-order valence-electron chi connectivity index (χ3n) is 2.01. The minimum absolute atomic E-state index is 0.346. The minimum atomic E-state index is -1.33. The first-order valence-electron chi connectivity index (χ1n) is 4.74. The lowest BCUT2D eigenvalue weighted by molar-refractivity contribution is 0.0692. The highest BCUT2D eigenvalue weighted by molar-refractivity contribution is 5.89. The molecule has 0 atom stereocenters. The number of aromatic carboxylic acids is 1. The number of halogens is 2. The number of carboxylic acid groups (broad SMARTS) is 1. The second kappa shape index (κ2) is 4.74. The molecule has 1 N–H and O–H groups in total. The maximum Gasteiger partial charge on any atom is 0.342 e. The molecular weight excluding hydrogens is 246 g/mol. The summed E-state index contributed by atoms with van der Waals surface area (Å²) in [5.74, 6) is -3.68. The molecule has 0 radical (unpaired) electrons. The van der Waals surface area contributed by atoms with Gasteiger partial charge < -0.3 is 9.84 Å². The van der Waals surface area contributed by atoms with Crippen LogP contribution in [0.5, 0.6) is 11.6 Å². The number of hydrogen-bond donors (Lipinski definition) is 1. The van der Waals surface area contributed by atoms with Gasteiger partial charge in [0.25, 0.3) is 0 Å². The molecule has 0 fully saturated rings. The second-order valence-electron chi connectivity index (χ2n) is 3.22. The first kappa shape index (κ1) is 11.9. The van der Waals surface area contributed by atoms with Crippen LogP contribution in [-0.4, -0.2) is 21.0 Å². The van der Waals surface area contributed by atoms with E-state index in [4.69, 9.17) is 9.84 Å². The summed E-state index contributed by atoms with van der Waals surface area (Å²) in [6.07, 6.45) is 2.04. The summed E-state index contributed by atoms with van der Waals surface area (Å²) >= 11 is 0. The van der Waals surface area contributed by atoms with E-state index >= 15 is 0 Å². The number of rotatable bonds is 3. The molecule has 0 amide bonds. The normalized spacial score (nSPS) is 10.1. The van der Waals surface area contributed by atoms with Crippen LogP contribution < -0.4 is 4.74 Å². The number of carboxylic acids is 1. The molecule has 1 aromatic heterocycles. The smallest absolute Gasteiger partial charge is 0.342 e. The van der Waals surface area contributed by atoms with Crippen LogP contribution in [-0.2, 0) is 0 Å². The molecule has 2 aromatic rings. The average molecular weight is 252 g/mol. The van der Waals surface area contributed by atoms with Crippen molar-refractivity contribution in [3.63, 3.8) is 0 Å². The highest BCUT2D eigenvalue weighted by atomic mass is 19.1. The van der Waals surface area contributed by atoms with E-state index in [0.717, 1.165) is 30.7 Å². The van der Waals surface area contributed by atoms with Crippen LogP contribution in [0.4, 0.5) is 8.78 Å². The fourth-order valence-corrected chi connectivity index (χ4v) is 1.21. The van der Waals surface area contributed by atoms with E-state index in [1.54, 1.807) is 0 Å². The molecule has 18 heavy (non-hydrogen) atoms. The largest absolute Gasteiger partial charge is 0.477 e. The third kappa shape index (κ3) is 2.40. The lowest BCUT2D eigenvalue weighted by Gasteiger charge is -2.07. The molecule has 0 saturated carbocycles. The van der Waals surface area contributed by atoms with Crippen molar-refractivity contribution < 1.29 is 23.4 Å². The molecule has 0 spiro atoms. The van der Waals surface area contributed by atoms with Gasteiger partial charge in [-0.05, 0) is 12.1 Å². The maximum absolute atomic E-state index is 13.3. The molecule has 5 nitrogen and oxygen atoms in total. The first-order valence-corrected chi connectivity index (χ1v) is 4.74. The van der Waals surface area contributed by atoms with Crippen LogP contribution >= 0.6 is 0 Å². The molecule has 0 bridgehead atoms. The quantitative estimate of drug-likeness (QED) is 0.906. The monoisotopic (exact) mass is 252 g/mol. The molecule has 0 aliphatic rings. The predicted octanol–water partition coefficient (Wildman–Crippen LogP) is 2.25. The van der Waals surface area contributed by atoms with Gasteiger partial charge in [-0.1, -0.05) is 0 Å². The van der Waals surface area contributed by atoms with Crippen molar-refractivity contribution >= 4 is 5.97 Å². The predicted molar refractivity (Wildman–Crippen MR) is 55.4 cm³/mol. The fourth-order valence-electron chi connectivity index (χ4n) is 1.21. The van der Waals surface area contributed by atoms with Crippen molar-refractivity contribution in [3.05, 3.63) is 47.9 Å². The van der Waals surface area contributed by atoms with E-state index in [1.807, 2.05) is 0 Å². The molecule has 92 valence electrons. The van der Waals surface area contributed by atoms with Crippen molar-refractivity contribution in [1.29, 1.82) is 0 Å². The number of aromatic nitrogens is 2. The fraction of sp³-hybridized carbons (Fsp3) is 0. The first-order chi connectivity index (χ1) is 8.58. The number of ether oxygens (including phenoxy) is 1. The lowest BCUT2D eigenvalue weighted by atomic mass is 10.3. The van der Waals surface area contributed by atoms with E-state index in [0.29, 0.717) is 0 Å². The Morgan fingerprint density at radius 1 is 1.33 bits per heavy atom. The Balaban J connectivity index is 2.40. The zero-order chi connectivity index (χ0) is 13.1. The Labute approximate surface area is 99.7 Å². The Morgan fingerprint density at radius 3 is 2.83 bits per heavy atom. The number of nitrogens with zero attached hydrogens (tertiary/aromatic N) is 2. The van der Waals surface area contributed by atoms with Gasteiger partial charge in [0.05, 0.1) is 0 Å². The van der Waals surface area contributed by atoms with E-state index in [-0.39, 0.29) is 11.4 Å². The van der Waals surface area contributed by atoms with Crippen LogP contribution in [0.2, 0.25) is 0 Å². The van der Waals surface area contributed by atoms with Gasteiger partial charge >= 0.3 is 5.97 Å². The SMILES string of the molecule is O=C(O)c1cncnc1Oc1cc(F)ccc1F. The van der Waals surface area contributed by atoms with Gasteiger partial charge in [-0.2, -0.15) is 0 Å². The molecule has 0 aliphatic heterocycles. The minimum Gasteiger partial charge on any atom is -0.477 e. The van der Waals surface area contributed by atoms with Gasteiger partial charge in [0.2, 0.25) is 5.88 Å². The van der Waals surface area contributed by atoms with Gasteiger partial charge in [0.15, 0.2) is 11.6 Å². The van der Waals surface area contributed by atoms with Crippen LogP contribution in [0, 0.1) is 11.6 Å². The van der Waals surface area contributed by atoms with Gasteiger partial charge in [-0.15, -0.1) is 0 Å². The lowest BCUT2D eigenvalue weighted by Crippen LogP contribution is -2.03. The zero-order valence-corrected chi connectivity index (χ0v) is 8.80. The van der Waals surface area contributed by atoms with Crippen LogP contribution in [0.25, 0.3) is 0 Å². The zero-order valence-electron chi connectivity index (χ0n) is 8.80. The molecule has 7 heteroatoms. The number of benzene rings is 1. The highest BCUT2D eigenvalue weighted by Gasteiger charge is 2.15. The second-order valence-corrected chi connectivity index (χ2v) is 3.22. The molecule has 0 aliphatic carbocycles. The molecule has 0 unspecified atom stereocenters. The van der Waals surface area contributed by atoms with Crippen LogP contribution in [0.15, 0.2) is 30.7 Å². The van der Waals surface area contributed by atoms with Crippen LogP contribution in [0.3, 0.4) is 0 Å². The summed E-state index contributed by atoms with van der Waals surface area (Å²) in [6.45, 7) is 0. The molecule has 1 aromatic carbocycles. The van der Waals surface area contributed by atoms with Crippen molar-refractivity contribution in [1.82, 2.24) is 9.97 Å². The van der Waals surface area contributed by atoms with Gasteiger partial charge in [-0.25, -0.2) is 23.5 Å². The number of hydrogen-bond acceptors (Lipinski definition) is 4. The summed E-state index contributed by atoms with van der Waals surface area (Å²) in [6, 6.07) is 2.58. The molecule has 2 rings (SSSR count). The van der Waals surface area contributed by atoms with E-state index in [2.05, 4.69) is 9.97 Å². The maximum atomic E-state index is 13.3. The van der Waals surface area contributed by atoms with Crippen molar-refractivity contribution in [2.24, 2.45) is 0 Å². The van der Waals surface area contributed by atoms with Gasteiger partial charge in [0, 0.05) is 12.3 Å². The van der Waals surface area contributed by atoms with E-state index in [9.17, 15) is 13.6 Å². The molecule has 0 saturated heterocycles. The summed E-state index contributed by atoms with van der Waals surface area (Å²) in [4.78, 5) is 17.9. The average Bonchev–Trinajstić information content (AvgIpc) is 2.34. The van der Waals surface area contributed by atoms with Gasteiger partial charge in [0.1, 0.15) is 17.7 Å². The number of carbonyl (C=O) groups is 1. The van der Waals surface area contributed by atoms with Crippen molar-refractivity contribution in [2.45, 2.75) is 0 Å².